The van der Waals surface area contributed by atoms with Crippen molar-refractivity contribution in [2.24, 2.45) is 5.92 Å². The Balaban J connectivity index is 2.07. The van der Waals surface area contributed by atoms with E-state index in [1.807, 2.05) is 12.1 Å². The number of para-hydroxylation sites is 2. The molecule has 2 nitrogen and oxygen atoms in total. The van der Waals surface area contributed by atoms with Gasteiger partial charge in [-0.1, -0.05) is 19.1 Å². The van der Waals surface area contributed by atoms with Crippen LogP contribution in [-0.2, 0) is 0 Å². The van der Waals surface area contributed by atoms with Gasteiger partial charge in [-0.15, -0.1) is 0 Å². The molecule has 1 aromatic carbocycles. The summed E-state index contributed by atoms with van der Waals surface area (Å²) in [7, 11) is 0. The quantitative estimate of drug-likeness (QED) is 0.799. The van der Waals surface area contributed by atoms with Gasteiger partial charge in [0.25, 0.3) is 0 Å². The van der Waals surface area contributed by atoms with Crippen molar-refractivity contribution in [3.63, 3.8) is 0 Å². The number of rotatable bonds is 6. The standard InChI is InChI=1S/C15H23NO/c1-4-13(12-9-10-12)16-14-7-5-6-8-15(14)17-11(2)3/h5-8,11-13,16H,4,9-10H2,1-3H3. The van der Waals surface area contributed by atoms with E-state index in [1.165, 1.54) is 19.3 Å². The number of hydrogen-bond donors (Lipinski definition) is 1. The molecule has 2 rings (SSSR count). The molecule has 0 aromatic heterocycles. The Kier molecular flexibility index (Phi) is 3.93. The van der Waals surface area contributed by atoms with Crippen LogP contribution in [0.2, 0.25) is 0 Å². The minimum atomic E-state index is 0.221. The van der Waals surface area contributed by atoms with Gasteiger partial charge in [-0.3, -0.25) is 0 Å². The monoisotopic (exact) mass is 233 g/mol. The largest absolute Gasteiger partial charge is 0.489 e. The van der Waals surface area contributed by atoms with Crippen LogP contribution in [0, 0.1) is 5.92 Å². The van der Waals surface area contributed by atoms with Gasteiger partial charge in [0.05, 0.1) is 11.8 Å². The lowest BCUT2D eigenvalue weighted by atomic mass is 10.1. The molecule has 0 bridgehead atoms. The van der Waals surface area contributed by atoms with Crippen molar-refractivity contribution in [2.45, 2.75) is 52.2 Å². The summed E-state index contributed by atoms with van der Waals surface area (Å²) in [6, 6.07) is 8.85. The summed E-state index contributed by atoms with van der Waals surface area (Å²) < 4.78 is 5.83. The first-order valence-electron chi connectivity index (χ1n) is 6.73. The average Bonchev–Trinajstić information content (AvgIpc) is 3.11. The summed E-state index contributed by atoms with van der Waals surface area (Å²) in [4.78, 5) is 0. The molecule has 1 aromatic rings. The number of ether oxygens (including phenoxy) is 1. The maximum Gasteiger partial charge on any atom is 0.142 e. The Bertz CT molecular complexity index is 358. The molecular formula is C15H23NO. The lowest BCUT2D eigenvalue weighted by Crippen LogP contribution is -2.21. The third-order valence-corrected chi connectivity index (χ3v) is 3.22. The summed E-state index contributed by atoms with van der Waals surface area (Å²) in [5.74, 6) is 1.84. The van der Waals surface area contributed by atoms with Crippen LogP contribution in [0.5, 0.6) is 5.75 Å². The molecule has 1 aliphatic carbocycles. The van der Waals surface area contributed by atoms with Gasteiger partial charge in [-0.25, -0.2) is 0 Å². The van der Waals surface area contributed by atoms with Crippen LogP contribution in [0.15, 0.2) is 24.3 Å². The highest BCUT2D eigenvalue weighted by Crippen LogP contribution is 2.37. The summed E-state index contributed by atoms with van der Waals surface area (Å²) in [6.45, 7) is 6.38. The summed E-state index contributed by atoms with van der Waals surface area (Å²) in [5.41, 5.74) is 1.14. The predicted molar refractivity (Wildman–Crippen MR) is 72.6 cm³/mol. The van der Waals surface area contributed by atoms with Crippen LogP contribution < -0.4 is 10.1 Å². The van der Waals surface area contributed by atoms with Crippen LogP contribution in [-0.4, -0.2) is 12.1 Å². The molecule has 17 heavy (non-hydrogen) atoms. The zero-order chi connectivity index (χ0) is 12.3. The summed E-state index contributed by atoms with van der Waals surface area (Å²) in [6.07, 6.45) is 4.15. The maximum atomic E-state index is 5.83. The van der Waals surface area contributed by atoms with E-state index in [-0.39, 0.29) is 6.10 Å². The molecule has 0 spiro atoms. The van der Waals surface area contributed by atoms with Crippen LogP contribution in [0.3, 0.4) is 0 Å². The van der Waals surface area contributed by atoms with E-state index in [0.29, 0.717) is 6.04 Å². The first-order chi connectivity index (χ1) is 8.20. The van der Waals surface area contributed by atoms with Gasteiger partial charge in [0, 0.05) is 6.04 Å². The molecule has 94 valence electrons. The van der Waals surface area contributed by atoms with Crippen molar-refractivity contribution < 1.29 is 4.74 Å². The fourth-order valence-electron chi connectivity index (χ4n) is 2.19. The van der Waals surface area contributed by atoms with Crippen LogP contribution in [0.4, 0.5) is 5.69 Å². The van der Waals surface area contributed by atoms with E-state index in [2.05, 4.69) is 38.2 Å². The fraction of sp³-hybridized carbons (Fsp3) is 0.600. The van der Waals surface area contributed by atoms with E-state index in [1.54, 1.807) is 0 Å². The summed E-state index contributed by atoms with van der Waals surface area (Å²) >= 11 is 0. The molecule has 0 amide bonds. The molecule has 0 radical (unpaired) electrons. The number of anilines is 1. The first-order valence-corrected chi connectivity index (χ1v) is 6.73. The van der Waals surface area contributed by atoms with Crippen LogP contribution in [0.1, 0.15) is 40.0 Å². The molecule has 1 unspecified atom stereocenters. The topological polar surface area (TPSA) is 21.3 Å². The highest BCUT2D eigenvalue weighted by molar-refractivity contribution is 5.57. The van der Waals surface area contributed by atoms with E-state index >= 15 is 0 Å². The molecule has 0 aliphatic heterocycles. The van der Waals surface area contributed by atoms with Gasteiger partial charge in [0.2, 0.25) is 0 Å². The van der Waals surface area contributed by atoms with Gasteiger partial charge < -0.3 is 10.1 Å². The number of benzene rings is 1. The molecule has 1 atom stereocenters. The van der Waals surface area contributed by atoms with Crippen LogP contribution in [0.25, 0.3) is 0 Å². The minimum Gasteiger partial charge on any atom is -0.489 e. The molecule has 0 saturated heterocycles. The lowest BCUT2D eigenvalue weighted by Gasteiger charge is -2.21. The van der Waals surface area contributed by atoms with Crippen molar-refractivity contribution >= 4 is 5.69 Å². The molecule has 1 aliphatic rings. The SMILES string of the molecule is CCC(Nc1ccccc1OC(C)C)C1CC1. The Morgan fingerprint density at radius 3 is 2.59 bits per heavy atom. The van der Waals surface area contributed by atoms with E-state index in [0.717, 1.165) is 17.4 Å². The van der Waals surface area contributed by atoms with E-state index in [4.69, 9.17) is 4.74 Å². The Hall–Kier alpha value is -1.18. The molecular weight excluding hydrogens is 210 g/mol. The second kappa shape index (κ2) is 5.44. The molecule has 1 saturated carbocycles. The molecule has 1 N–H and O–H groups in total. The second-order valence-corrected chi connectivity index (χ2v) is 5.16. The Morgan fingerprint density at radius 2 is 2.00 bits per heavy atom. The third-order valence-electron chi connectivity index (χ3n) is 3.22. The predicted octanol–water partition coefficient (Wildman–Crippen LogP) is 4.07. The van der Waals surface area contributed by atoms with E-state index in [9.17, 15) is 0 Å². The molecule has 0 heterocycles. The lowest BCUT2D eigenvalue weighted by molar-refractivity contribution is 0.243. The van der Waals surface area contributed by atoms with Crippen molar-refractivity contribution in [1.82, 2.24) is 0 Å². The van der Waals surface area contributed by atoms with Gasteiger partial charge in [-0.05, 0) is 51.2 Å². The summed E-state index contributed by atoms with van der Waals surface area (Å²) in [5, 5.41) is 3.64. The number of nitrogens with one attached hydrogen (secondary N) is 1. The van der Waals surface area contributed by atoms with Crippen molar-refractivity contribution in [2.75, 3.05) is 5.32 Å². The zero-order valence-corrected chi connectivity index (χ0v) is 11.1. The highest BCUT2D eigenvalue weighted by Gasteiger charge is 2.30. The van der Waals surface area contributed by atoms with Crippen molar-refractivity contribution in [1.29, 1.82) is 0 Å². The first kappa shape index (κ1) is 12.3. The minimum absolute atomic E-state index is 0.221. The smallest absolute Gasteiger partial charge is 0.142 e. The Morgan fingerprint density at radius 1 is 1.29 bits per heavy atom. The van der Waals surface area contributed by atoms with Gasteiger partial charge in [-0.2, -0.15) is 0 Å². The molecule has 2 heteroatoms. The second-order valence-electron chi connectivity index (χ2n) is 5.16. The Labute approximate surface area is 104 Å². The number of hydrogen-bond acceptors (Lipinski definition) is 2. The zero-order valence-electron chi connectivity index (χ0n) is 11.1. The fourth-order valence-corrected chi connectivity index (χ4v) is 2.19. The van der Waals surface area contributed by atoms with Crippen molar-refractivity contribution in [3.05, 3.63) is 24.3 Å². The van der Waals surface area contributed by atoms with Gasteiger partial charge in [0.15, 0.2) is 0 Å². The van der Waals surface area contributed by atoms with Gasteiger partial charge >= 0.3 is 0 Å². The third kappa shape index (κ3) is 3.39. The van der Waals surface area contributed by atoms with E-state index < -0.39 is 0 Å². The molecule has 1 fully saturated rings. The maximum absolute atomic E-state index is 5.83. The van der Waals surface area contributed by atoms with Crippen molar-refractivity contribution in [3.8, 4) is 5.75 Å². The normalized spacial score (nSPS) is 16.9. The average molecular weight is 233 g/mol. The van der Waals surface area contributed by atoms with Gasteiger partial charge in [0.1, 0.15) is 5.75 Å². The highest BCUT2D eigenvalue weighted by atomic mass is 16.5. The van der Waals surface area contributed by atoms with Crippen LogP contribution >= 0.6 is 0 Å².